The number of aryl methyl sites for hydroxylation is 2. The highest BCUT2D eigenvalue weighted by atomic mass is 16.5. The number of pyridine rings is 1. The van der Waals surface area contributed by atoms with E-state index in [2.05, 4.69) is 25.7 Å². The molecular formula is C17H15N7O2. The van der Waals surface area contributed by atoms with Gasteiger partial charge < -0.3 is 9.84 Å². The van der Waals surface area contributed by atoms with Gasteiger partial charge in [-0.25, -0.2) is 0 Å². The molecule has 0 aliphatic heterocycles. The first-order chi connectivity index (χ1) is 12.6. The van der Waals surface area contributed by atoms with Crippen molar-refractivity contribution < 1.29 is 9.32 Å². The van der Waals surface area contributed by atoms with Gasteiger partial charge in [0.25, 0.3) is 5.91 Å². The Bertz CT molecular complexity index is 1060. The van der Waals surface area contributed by atoms with Gasteiger partial charge in [-0.3, -0.25) is 19.1 Å². The lowest BCUT2D eigenvalue weighted by Gasteiger charge is -2.02. The number of nitrogens with one attached hydrogen (secondary N) is 1. The average molecular weight is 349 g/mol. The van der Waals surface area contributed by atoms with Gasteiger partial charge in [0.1, 0.15) is 5.69 Å². The fraction of sp³-hybridized carbons (Fsp3) is 0.118. The molecule has 0 saturated heterocycles. The van der Waals surface area contributed by atoms with Crippen LogP contribution < -0.4 is 5.32 Å². The summed E-state index contributed by atoms with van der Waals surface area (Å²) in [4.78, 5) is 16.8. The maximum absolute atomic E-state index is 12.5. The first-order valence-corrected chi connectivity index (χ1v) is 7.82. The molecule has 0 aliphatic carbocycles. The third-order valence-electron chi connectivity index (χ3n) is 3.72. The number of anilines is 1. The van der Waals surface area contributed by atoms with Crippen LogP contribution in [0.15, 0.2) is 53.6 Å². The molecule has 0 aliphatic rings. The molecule has 0 saturated carbocycles. The minimum absolute atomic E-state index is 0.166. The molecule has 0 fully saturated rings. The van der Waals surface area contributed by atoms with Crippen molar-refractivity contribution in [1.29, 1.82) is 0 Å². The molecule has 130 valence electrons. The molecule has 0 bridgehead atoms. The fourth-order valence-corrected chi connectivity index (χ4v) is 2.53. The molecule has 4 rings (SSSR count). The second-order valence-corrected chi connectivity index (χ2v) is 5.71. The van der Waals surface area contributed by atoms with Crippen molar-refractivity contribution in [2.75, 3.05) is 5.32 Å². The quantitative estimate of drug-likeness (QED) is 0.605. The van der Waals surface area contributed by atoms with Crippen LogP contribution in [0.25, 0.3) is 22.7 Å². The van der Waals surface area contributed by atoms with Crippen molar-refractivity contribution in [3.05, 3.63) is 54.7 Å². The number of hydrogen-bond acceptors (Lipinski definition) is 6. The van der Waals surface area contributed by atoms with Crippen LogP contribution in [0.2, 0.25) is 0 Å². The third-order valence-corrected chi connectivity index (χ3v) is 3.72. The Balaban J connectivity index is 1.59. The topological polar surface area (TPSA) is 104 Å². The number of carbonyl (C=O) groups excluding carboxylic acids is 1. The van der Waals surface area contributed by atoms with E-state index in [0.29, 0.717) is 22.8 Å². The van der Waals surface area contributed by atoms with Gasteiger partial charge >= 0.3 is 0 Å². The van der Waals surface area contributed by atoms with Crippen molar-refractivity contribution >= 4 is 11.6 Å². The molecule has 0 atom stereocenters. The summed E-state index contributed by atoms with van der Waals surface area (Å²) in [5.41, 5.74) is 2.70. The van der Waals surface area contributed by atoms with Gasteiger partial charge in [0, 0.05) is 38.8 Å². The van der Waals surface area contributed by atoms with Gasteiger partial charge in [-0.2, -0.15) is 10.2 Å². The van der Waals surface area contributed by atoms with Crippen LogP contribution in [0.1, 0.15) is 10.5 Å². The van der Waals surface area contributed by atoms with E-state index in [0.717, 1.165) is 5.56 Å². The Morgan fingerprint density at radius 3 is 2.81 bits per heavy atom. The fourth-order valence-electron chi connectivity index (χ4n) is 2.53. The van der Waals surface area contributed by atoms with E-state index < -0.39 is 5.91 Å². The molecule has 0 spiro atoms. The van der Waals surface area contributed by atoms with Crippen molar-refractivity contribution in [2.45, 2.75) is 0 Å². The van der Waals surface area contributed by atoms with Gasteiger partial charge in [-0.1, -0.05) is 11.2 Å². The van der Waals surface area contributed by atoms with Gasteiger partial charge in [0.15, 0.2) is 11.5 Å². The molecular weight excluding hydrogens is 334 g/mol. The van der Waals surface area contributed by atoms with Crippen LogP contribution in [0.4, 0.5) is 5.69 Å². The highest BCUT2D eigenvalue weighted by Crippen LogP contribution is 2.25. The molecule has 1 N–H and O–H groups in total. The second kappa shape index (κ2) is 6.28. The minimum atomic E-state index is -0.394. The van der Waals surface area contributed by atoms with E-state index in [9.17, 15) is 4.79 Å². The SMILES string of the molecule is Cn1cc(-c2cc(C(=O)Nc3cn(C)nc3-c3ccccn3)no2)cn1. The summed E-state index contributed by atoms with van der Waals surface area (Å²) < 4.78 is 8.51. The first kappa shape index (κ1) is 15.8. The largest absolute Gasteiger partial charge is 0.355 e. The van der Waals surface area contributed by atoms with Crippen LogP contribution in [-0.2, 0) is 14.1 Å². The molecule has 9 nitrogen and oxygen atoms in total. The van der Waals surface area contributed by atoms with Crippen LogP contribution in [-0.4, -0.2) is 35.6 Å². The van der Waals surface area contributed by atoms with E-state index in [4.69, 9.17) is 4.52 Å². The van der Waals surface area contributed by atoms with Crippen LogP contribution >= 0.6 is 0 Å². The molecule has 1 amide bonds. The van der Waals surface area contributed by atoms with Crippen molar-refractivity contribution in [2.24, 2.45) is 14.1 Å². The van der Waals surface area contributed by atoms with Crippen LogP contribution in [0, 0.1) is 0 Å². The Morgan fingerprint density at radius 2 is 2.08 bits per heavy atom. The predicted molar refractivity (Wildman–Crippen MR) is 93.1 cm³/mol. The monoisotopic (exact) mass is 349 g/mol. The summed E-state index contributed by atoms with van der Waals surface area (Å²) in [5, 5.41) is 15.1. The highest BCUT2D eigenvalue weighted by molar-refractivity contribution is 6.04. The Kier molecular flexibility index (Phi) is 3.81. The maximum atomic E-state index is 12.5. The van der Waals surface area contributed by atoms with E-state index in [-0.39, 0.29) is 5.69 Å². The van der Waals surface area contributed by atoms with Crippen molar-refractivity contribution in [3.8, 4) is 22.7 Å². The van der Waals surface area contributed by atoms with Crippen LogP contribution in [0.3, 0.4) is 0 Å². The van der Waals surface area contributed by atoms with Gasteiger partial charge in [0.05, 0.1) is 23.1 Å². The number of rotatable bonds is 4. The summed E-state index contributed by atoms with van der Waals surface area (Å²) in [6, 6.07) is 7.08. The summed E-state index contributed by atoms with van der Waals surface area (Å²) in [7, 11) is 3.58. The predicted octanol–water partition coefficient (Wildman–Crippen LogP) is 2.12. The number of aromatic nitrogens is 6. The second-order valence-electron chi connectivity index (χ2n) is 5.71. The number of carbonyl (C=O) groups is 1. The van der Waals surface area contributed by atoms with Gasteiger partial charge in [0.2, 0.25) is 0 Å². The van der Waals surface area contributed by atoms with E-state index in [1.54, 1.807) is 54.3 Å². The standard InChI is InChI=1S/C17H15N7O2/c1-23-9-11(8-19-23)15-7-13(22-26-15)17(25)20-14-10-24(2)21-16(14)12-5-3-4-6-18-12/h3-10H,1-2H3,(H,20,25). The Hall–Kier alpha value is -3.75. The van der Waals surface area contributed by atoms with E-state index in [1.165, 1.54) is 0 Å². The molecule has 4 aromatic heterocycles. The summed E-state index contributed by atoms with van der Waals surface area (Å²) in [6.07, 6.45) is 6.81. The van der Waals surface area contributed by atoms with E-state index >= 15 is 0 Å². The lowest BCUT2D eigenvalue weighted by atomic mass is 10.2. The van der Waals surface area contributed by atoms with Crippen molar-refractivity contribution in [1.82, 2.24) is 29.7 Å². The molecule has 0 aromatic carbocycles. The van der Waals surface area contributed by atoms with Crippen molar-refractivity contribution in [3.63, 3.8) is 0 Å². The Morgan fingerprint density at radius 1 is 1.19 bits per heavy atom. The smallest absolute Gasteiger partial charge is 0.277 e. The third kappa shape index (κ3) is 2.97. The minimum Gasteiger partial charge on any atom is -0.355 e. The molecule has 0 radical (unpaired) electrons. The van der Waals surface area contributed by atoms with Gasteiger partial charge in [-0.05, 0) is 12.1 Å². The number of amides is 1. The molecule has 4 aromatic rings. The Labute approximate surface area is 148 Å². The number of hydrogen-bond donors (Lipinski definition) is 1. The van der Waals surface area contributed by atoms with Gasteiger partial charge in [-0.15, -0.1) is 0 Å². The lowest BCUT2D eigenvalue weighted by molar-refractivity contribution is 0.101. The molecule has 0 unspecified atom stereocenters. The van der Waals surface area contributed by atoms with Crippen LogP contribution in [0.5, 0.6) is 0 Å². The highest BCUT2D eigenvalue weighted by Gasteiger charge is 2.18. The lowest BCUT2D eigenvalue weighted by Crippen LogP contribution is -2.12. The normalized spacial score (nSPS) is 10.8. The zero-order chi connectivity index (χ0) is 18.1. The van der Waals surface area contributed by atoms with E-state index in [1.807, 2.05) is 18.2 Å². The maximum Gasteiger partial charge on any atom is 0.277 e. The first-order valence-electron chi connectivity index (χ1n) is 7.82. The average Bonchev–Trinajstić information content (AvgIpc) is 3.35. The zero-order valence-corrected chi connectivity index (χ0v) is 14.1. The molecule has 9 heteroatoms. The summed E-state index contributed by atoms with van der Waals surface area (Å²) >= 11 is 0. The summed E-state index contributed by atoms with van der Waals surface area (Å²) in [6.45, 7) is 0. The molecule has 26 heavy (non-hydrogen) atoms. The number of nitrogens with zero attached hydrogens (tertiary/aromatic N) is 6. The summed E-state index contributed by atoms with van der Waals surface area (Å²) in [5.74, 6) is 0.0773. The molecule has 4 heterocycles. The zero-order valence-electron chi connectivity index (χ0n) is 14.1.